The highest BCUT2D eigenvalue weighted by atomic mass is 16.5. The van der Waals surface area contributed by atoms with Gasteiger partial charge in [0.25, 0.3) is 0 Å². The molecule has 1 heterocycles. The number of ether oxygens (including phenoxy) is 2. The summed E-state index contributed by atoms with van der Waals surface area (Å²) >= 11 is 0. The van der Waals surface area contributed by atoms with E-state index in [1.165, 1.54) is 0 Å². The molecule has 2 aromatic rings. The summed E-state index contributed by atoms with van der Waals surface area (Å²) in [6.07, 6.45) is 2.55. The molecule has 0 saturated heterocycles. The summed E-state index contributed by atoms with van der Waals surface area (Å²) in [5.74, 6) is 1.54. The normalized spacial score (nSPS) is 10.8. The number of benzene rings is 1. The molecule has 0 aliphatic carbocycles. The minimum atomic E-state index is 0.200. The van der Waals surface area contributed by atoms with E-state index in [1.54, 1.807) is 18.9 Å². The molecule has 1 aromatic heterocycles. The monoisotopic (exact) mass is 303 g/mol. The summed E-state index contributed by atoms with van der Waals surface area (Å²) in [4.78, 5) is 11.3. The van der Waals surface area contributed by atoms with Crippen molar-refractivity contribution in [1.82, 2.24) is 15.0 Å². The van der Waals surface area contributed by atoms with Crippen LogP contribution in [0.4, 0.5) is 0 Å². The summed E-state index contributed by atoms with van der Waals surface area (Å²) in [5, 5.41) is 8.17. The topological polar surface area (TPSA) is 66.2 Å². The van der Waals surface area contributed by atoms with Crippen molar-refractivity contribution in [3.05, 3.63) is 29.6 Å². The quantitative estimate of drug-likeness (QED) is 0.736. The number of rotatable bonds is 7. The fourth-order valence-corrected chi connectivity index (χ4v) is 2.58. The standard InChI is InChI=1S/C16H21N3O3/c1-5-11(6-2)16-13(10-20)17-18-19(16)14-9-12(21-3)7-8-15(14)22-4/h7-11H,5-6H2,1-4H3. The lowest BCUT2D eigenvalue weighted by atomic mass is 9.97. The third kappa shape index (κ3) is 2.81. The lowest BCUT2D eigenvalue weighted by Crippen LogP contribution is -2.10. The van der Waals surface area contributed by atoms with Gasteiger partial charge in [0.1, 0.15) is 22.9 Å². The van der Waals surface area contributed by atoms with Crippen molar-refractivity contribution in [2.24, 2.45) is 0 Å². The molecule has 2 rings (SSSR count). The second-order valence-electron chi connectivity index (χ2n) is 4.94. The Morgan fingerprint density at radius 3 is 2.50 bits per heavy atom. The fourth-order valence-electron chi connectivity index (χ4n) is 2.58. The molecule has 0 unspecified atom stereocenters. The molecule has 0 spiro atoms. The minimum Gasteiger partial charge on any atom is -0.497 e. The van der Waals surface area contributed by atoms with E-state index in [0.717, 1.165) is 24.8 Å². The Bertz CT molecular complexity index is 648. The SMILES string of the molecule is CCC(CC)c1c(C=O)nnn1-c1cc(OC)ccc1OC. The highest BCUT2D eigenvalue weighted by Gasteiger charge is 2.22. The van der Waals surface area contributed by atoms with Gasteiger partial charge in [-0.25, -0.2) is 4.68 Å². The van der Waals surface area contributed by atoms with E-state index in [9.17, 15) is 4.79 Å². The van der Waals surface area contributed by atoms with E-state index in [2.05, 4.69) is 24.2 Å². The number of hydrogen-bond donors (Lipinski definition) is 0. The number of carbonyl (C=O) groups is 1. The van der Waals surface area contributed by atoms with Gasteiger partial charge in [-0.05, 0) is 25.0 Å². The zero-order chi connectivity index (χ0) is 16.1. The van der Waals surface area contributed by atoms with E-state index in [0.29, 0.717) is 22.9 Å². The molecule has 0 aliphatic heterocycles. The summed E-state index contributed by atoms with van der Waals surface area (Å²) in [6, 6.07) is 5.46. The van der Waals surface area contributed by atoms with Crippen molar-refractivity contribution >= 4 is 6.29 Å². The zero-order valence-electron chi connectivity index (χ0n) is 13.4. The number of methoxy groups -OCH3 is 2. The van der Waals surface area contributed by atoms with Gasteiger partial charge in [0.15, 0.2) is 6.29 Å². The van der Waals surface area contributed by atoms with Crippen molar-refractivity contribution < 1.29 is 14.3 Å². The average molecular weight is 303 g/mol. The number of hydrogen-bond acceptors (Lipinski definition) is 5. The van der Waals surface area contributed by atoms with Gasteiger partial charge in [-0.3, -0.25) is 4.79 Å². The van der Waals surface area contributed by atoms with Crippen molar-refractivity contribution in [3.8, 4) is 17.2 Å². The number of carbonyl (C=O) groups excluding carboxylic acids is 1. The van der Waals surface area contributed by atoms with E-state index >= 15 is 0 Å². The maximum absolute atomic E-state index is 11.3. The Morgan fingerprint density at radius 2 is 1.95 bits per heavy atom. The molecule has 0 aliphatic rings. The van der Waals surface area contributed by atoms with Gasteiger partial charge in [0.05, 0.1) is 19.9 Å². The van der Waals surface area contributed by atoms with E-state index in [1.807, 2.05) is 18.2 Å². The summed E-state index contributed by atoms with van der Waals surface area (Å²) in [5.41, 5.74) is 1.90. The van der Waals surface area contributed by atoms with Crippen LogP contribution < -0.4 is 9.47 Å². The molecule has 0 saturated carbocycles. The Balaban J connectivity index is 2.67. The van der Waals surface area contributed by atoms with E-state index in [4.69, 9.17) is 9.47 Å². The number of nitrogens with zero attached hydrogens (tertiary/aromatic N) is 3. The molecule has 0 N–H and O–H groups in total. The average Bonchev–Trinajstić information content (AvgIpc) is 2.99. The minimum absolute atomic E-state index is 0.200. The van der Waals surface area contributed by atoms with Gasteiger partial charge in [-0.2, -0.15) is 0 Å². The Hall–Kier alpha value is -2.37. The predicted octanol–water partition coefficient (Wildman–Crippen LogP) is 3.00. The summed E-state index contributed by atoms with van der Waals surface area (Å²) in [7, 11) is 3.20. The molecule has 6 nitrogen and oxygen atoms in total. The predicted molar refractivity (Wildman–Crippen MR) is 83.2 cm³/mol. The summed E-state index contributed by atoms with van der Waals surface area (Å²) < 4.78 is 12.4. The van der Waals surface area contributed by atoms with E-state index < -0.39 is 0 Å². The Labute approximate surface area is 130 Å². The van der Waals surface area contributed by atoms with Crippen LogP contribution in [0.1, 0.15) is 48.8 Å². The lowest BCUT2D eigenvalue weighted by Gasteiger charge is -2.17. The Morgan fingerprint density at radius 1 is 1.23 bits per heavy atom. The van der Waals surface area contributed by atoms with Crippen molar-refractivity contribution in [3.63, 3.8) is 0 Å². The molecule has 0 bridgehead atoms. The van der Waals surface area contributed by atoms with Crippen molar-refractivity contribution in [1.29, 1.82) is 0 Å². The maximum Gasteiger partial charge on any atom is 0.172 e. The molecule has 0 amide bonds. The molecular weight excluding hydrogens is 282 g/mol. The largest absolute Gasteiger partial charge is 0.497 e. The second kappa shape index (κ2) is 7.06. The van der Waals surface area contributed by atoms with Crippen LogP contribution in [-0.4, -0.2) is 35.5 Å². The second-order valence-corrected chi connectivity index (χ2v) is 4.94. The Kier molecular flexibility index (Phi) is 5.14. The van der Waals surface area contributed by atoms with Crippen LogP contribution in [0.15, 0.2) is 18.2 Å². The smallest absolute Gasteiger partial charge is 0.172 e. The third-order valence-electron chi connectivity index (χ3n) is 3.83. The van der Waals surface area contributed by atoms with Gasteiger partial charge < -0.3 is 9.47 Å². The molecule has 1 aromatic carbocycles. The van der Waals surface area contributed by atoms with Crippen molar-refractivity contribution in [2.45, 2.75) is 32.6 Å². The first-order valence-electron chi connectivity index (χ1n) is 7.33. The summed E-state index contributed by atoms with van der Waals surface area (Å²) in [6.45, 7) is 4.17. The van der Waals surface area contributed by atoms with Crippen LogP contribution in [0, 0.1) is 0 Å². The molecule has 6 heteroatoms. The highest BCUT2D eigenvalue weighted by molar-refractivity contribution is 5.74. The molecule has 118 valence electrons. The van der Waals surface area contributed by atoms with Crippen LogP contribution in [0.5, 0.6) is 11.5 Å². The first-order chi connectivity index (χ1) is 10.7. The molecule has 22 heavy (non-hydrogen) atoms. The first kappa shape index (κ1) is 16.0. The maximum atomic E-state index is 11.3. The molecule has 0 radical (unpaired) electrons. The van der Waals surface area contributed by atoms with Crippen LogP contribution in [0.3, 0.4) is 0 Å². The van der Waals surface area contributed by atoms with Crippen LogP contribution >= 0.6 is 0 Å². The fraction of sp³-hybridized carbons (Fsp3) is 0.438. The lowest BCUT2D eigenvalue weighted by molar-refractivity contribution is 0.111. The van der Waals surface area contributed by atoms with Crippen LogP contribution in [-0.2, 0) is 0 Å². The third-order valence-corrected chi connectivity index (χ3v) is 3.83. The van der Waals surface area contributed by atoms with Crippen LogP contribution in [0.25, 0.3) is 5.69 Å². The molecule has 0 atom stereocenters. The van der Waals surface area contributed by atoms with Gasteiger partial charge >= 0.3 is 0 Å². The number of aldehydes is 1. The van der Waals surface area contributed by atoms with Gasteiger partial charge in [-0.15, -0.1) is 5.10 Å². The van der Waals surface area contributed by atoms with E-state index in [-0.39, 0.29) is 5.92 Å². The highest BCUT2D eigenvalue weighted by Crippen LogP contribution is 2.32. The van der Waals surface area contributed by atoms with Gasteiger partial charge in [0, 0.05) is 12.0 Å². The molecule has 0 fully saturated rings. The molecular formula is C16H21N3O3. The van der Waals surface area contributed by atoms with Crippen molar-refractivity contribution in [2.75, 3.05) is 14.2 Å². The zero-order valence-corrected chi connectivity index (χ0v) is 13.4. The first-order valence-corrected chi connectivity index (χ1v) is 7.33. The van der Waals surface area contributed by atoms with Gasteiger partial charge in [-0.1, -0.05) is 19.1 Å². The van der Waals surface area contributed by atoms with Gasteiger partial charge in [0.2, 0.25) is 0 Å². The van der Waals surface area contributed by atoms with Crippen LogP contribution in [0.2, 0.25) is 0 Å². The number of aromatic nitrogens is 3.